The molecule has 0 atom stereocenters. The molecule has 1 N–H and O–H groups in total. The summed E-state index contributed by atoms with van der Waals surface area (Å²) in [7, 11) is 3.78. The van der Waals surface area contributed by atoms with Crippen molar-refractivity contribution in [1.29, 1.82) is 0 Å². The number of hydrogen-bond acceptors (Lipinski definition) is 6. The molecule has 21 heavy (non-hydrogen) atoms. The maximum atomic E-state index is 12.0. The van der Waals surface area contributed by atoms with Crippen LogP contribution in [0.4, 0.5) is 0 Å². The Morgan fingerprint density at radius 2 is 1.62 bits per heavy atom. The van der Waals surface area contributed by atoms with Crippen molar-refractivity contribution in [1.82, 2.24) is 5.32 Å². The monoisotopic (exact) mass is 295 g/mol. The van der Waals surface area contributed by atoms with E-state index in [4.69, 9.17) is 4.74 Å². The Morgan fingerprint density at radius 3 is 2.00 bits per heavy atom. The lowest BCUT2D eigenvalue weighted by Gasteiger charge is -2.27. The van der Waals surface area contributed by atoms with E-state index >= 15 is 0 Å². The zero-order chi connectivity index (χ0) is 15.9. The van der Waals surface area contributed by atoms with E-state index in [9.17, 15) is 14.4 Å². The van der Waals surface area contributed by atoms with Gasteiger partial charge in [-0.1, -0.05) is 12.1 Å². The van der Waals surface area contributed by atoms with E-state index in [-0.39, 0.29) is 12.8 Å². The van der Waals surface area contributed by atoms with Gasteiger partial charge in [0.2, 0.25) is 11.9 Å². The highest BCUT2D eigenvalue weighted by Crippen LogP contribution is 2.20. The minimum absolute atomic E-state index is 0.102. The molecule has 0 saturated carbocycles. The standard InChI is InChI=1S/C14H17NO6/c1-19-11-6-4-10(5-7-11)8-14(15-9-16,12(17)20-2)13(18)21-3/h4-7,9H,8H2,1-3H3,(H,15,16). The van der Waals surface area contributed by atoms with Crippen LogP contribution in [0.5, 0.6) is 5.75 Å². The van der Waals surface area contributed by atoms with Crippen LogP contribution in [0, 0.1) is 0 Å². The maximum Gasteiger partial charge on any atom is 0.343 e. The van der Waals surface area contributed by atoms with E-state index in [1.807, 2.05) is 0 Å². The molecule has 0 bridgehead atoms. The zero-order valence-electron chi connectivity index (χ0n) is 12.0. The molecule has 0 aliphatic rings. The molecule has 7 nitrogen and oxygen atoms in total. The first kappa shape index (κ1) is 16.5. The molecular weight excluding hydrogens is 278 g/mol. The Hall–Kier alpha value is -2.57. The summed E-state index contributed by atoms with van der Waals surface area (Å²) in [6.07, 6.45) is 0.159. The maximum absolute atomic E-state index is 12.0. The first-order chi connectivity index (χ1) is 10.0. The molecule has 1 aromatic rings. The topological polar surface area (TPSA) is 90.9 Å². The lowest BCUT2D eigenvalue weighted by Crippen LogP contribution is -2.60. The van der Waals surface area contributed by atoms with Crippen LogP contribution in [0.15, 0.2) is 24.3 Å². The van der Waals surface area contributed by atoms with Crippen molar-refractivity contribution >= 4 is 18.3 Å². The van der Waals surface area contributed by atoms with Gasteiger partial charge in [-0.2, -0.15) is 0 Å². The third kappa shape index (κ3) is 3.50. The van der Waals surface area contributed by atoms with Crippen LogP contribution in [0.25, 0.3) is 0 Å². The van der Waals surface area contributed by atoms with Crippen LogP contribution >= 0.6 is 0 Å². The van der Waals surface area contributed by atoms with E-state index in [0.29, 0.717) is 11.3 Å². The average molecular weight is 295 g/mol. The summed E-state index contributed by atoms with van der Waals surface area (Å²) in [6.45, 7) is 0. The van der Waals surface area contributed by atoms with E-state index in [0.717, 1.165) is 14.2 Å². The lowest BCUT2D eigenvalue weighted by atomic mass is 9.90. The number of nitrogens with one attached hydrogen (secondary N) is 1. The van der Waals surface area contributed by atoms with Gasteiger partial charge in [-0.25, -0.2) is 9.59 Å². The van der Waals surface area contributed by atoms with Crippen molar-refractivity contribution < 1.29 is 28.6 Å². The SMILES string of the molecule is COC(=O)C(Cc1ccc(OC)cc1)(NC=O)C(=O)OC. The van der Waals surface area contributed by atoms with Gasteiger partial charge in [-0.15, -0.1) is 0 Å². The lowest BCUT2D eigenvalue weighted by molar-refractivity contribution is -0.164. The summed E-state index contributed by atoms with van der Waals surface area (Å²) >= 11 is 0. The van der Waals surface area contributed by atoms with Crippen molar-refractivity contribution in [2.75, 3.05) is 21.3 Å². The van der Waals surface area contributed by atoms with Crippen LogP contribution in [0.3, 0.4) is 0 Å². The normalized spacial score (nSPS) is 10.4. The van der Waals surface area contributed by atoms with Gasteiger partial charge in [0.25, 0.3) is 0 Å². The highest BCUT2D eigenvalue weighted by atomic mass is 16.5. The van der Waals surface area contributed by atoms with Gasteiger partial charge in [0, 0.05) is 6.42 Å². The highest BCUT2D eigenvalue weighted by Gasteiger charge is 2.48. The van der Waals surface area contributed by atoms with Crippen molar-refractivity contribution in [3.05, 3.63) is 29.8 Å². The highest BCUT2D eigenvalue weighted by molar-refractivity contribution is 6.06. The molecule has 0 fully saturated rings. The summed E-state index contributed by atoms with van der Waals surface area (Å²) in [5.41, 5.74) is -1.29. The Kier molecular flexibility index (Phi) is 5.71. The fourth-order valence-electron chi connectivity index (χ4n) is 1.90. The number of carbonyl (C=O) groups excluding carboxylic acids is 3. The predicted molar refractivity (Wildman–Crippen MR) is 72.7 cm³/mol. The molecule has 0 radical (unpaired) electrons. The molecule has 0 saturated heterocycles. The fraction of sp³-hybridized carbons (Fsp3) is 0.357. The second kappa shape index (κ2) is 7.28. The van der Waals surface area contributed by atoms with Crippen LogP contribution in [-0.2, 0) is 30.3 Å². The number of carbonyl (C=O) groups is 3. The number of hydrogen-bond donors (Lipinski definition) is 1. The van der Waals surface area contributed by atoms with Gasteiger partial charge in [0.1, 0.15) is 5.75 Å². The van der Waals surface area contributed by atoms with Crippen LogP contribution in [0.1, 0.15) is 5.56 Å². The summed E-state index contributed by atoms with van der Waals surface area (Å²) in [5.74, 6) is -1.18. The third-order valence-corrected chi connectivity index (χ3v) is 3.00. The van der Waals surface area contributed by atoms with Gasteiger partial charge < -0.3 is 19.5 Å². The minimum Gasteiger partial charge on any atom is -0.497 e. The fourth-order valence-corrected chi connectivity index (χ4v) is 1.90. The molecule has 0 heterocycles. The van der Waals surface area contributed by atoms with Gasteiger partial charge in [0.05, 0.1) is 21.3 Å². The molecule has 114 valence electrons. The minimum atomic E-state index is -1.92. The predicted octanol–water partition coefficient (Wildman–Crippen LogP) is 0.0685. The number of methoxy groups -OCH3 is 3. The van der Waals surface area contributed by atoms with Crippen molar-refractivity contribution in [3.63, 3.8) is 0 Å². The van der Waals surface area contributed by atoms with Crippen molar-refractivity contribution in [2.45, 2.75) is 12.0 Å². The van der Waals surface area contributed by atoms with Crippen LogP contribution < -0.4 is 10.1 Å². The van der Waals surface area contributed by atoms with Gasteiger partial charge in [0.15, 0.2) is 0 Å². The van der Waals surface area contributed by atoms with Crippen molar-refractivity contribution in [2.24, 2.45) is 0 Å². The first-order valence-electron chi connectivity index (χ1n) is 6.05. The average Bonchev–Trinajstić information content (AvgIpc) is 2.53. The van der Waals surface area contributed by atoms with Gasteiger partial charge >= 0.3 is 11.9 Å². The number of esters is 2. The van der Waals surface area contributed by atoms with Gasteiger partial charge in [-0.3, -0.25) is 4.79 Å². The van der Waals surface area contributed by atoms with Crippen LogP contribution in [0.2, 0.25) is 0 Å². The van der Waals surface area contributed by atoms with E-state index in [1.54, 1.807) is 24.3 Å². The summed E-state index contributed by atoms with van der Waals surface area (Å²) in [4.78, 5) is 34.8. The molecule has 7 heteroatoms. The van der Waals surface area contributed by atoms with E-state index in [2.05, 4.69) is 14.8 Å². The molecule has 0 aliphatic carbocycles. The third-order valence-electron chi connectivity index (χ3n) is 3.00. The Balaban J connectivity index is 3.17. The molecule has 1 aromatic carbocycles. The van der Waals surface area contributed by atoms with E-state index < -0.39 is 17.5 Å². The summed E-state index contributed by atoms with van der Waals surface area (Å²) in [5, 5.41) is 2.21. The van der Waals surface area contributed by atoms with E-state index in [1.165, 1.54) is 7.11 Å². The smallest absolute Gasteiger partial charge is 0.343 e. The molecule has 1 amide bonds. The number of ether oxygens (including phenoxy) is 3. The molecule has 1 rings (SSSR count). The number of rotatable bonds is 7. The summed E-state index contributed by atoms with van der Waals surface area (Å²) in [6, 6.07) is 6.70. The largest absolute Gasteiger partial charge is 0.497 e. The Morgan fingerprint density at radius 1 is 1.10 bits per heavy atom. The molecule has 0 unspecified atom stereocenters. The second-order valence-corrected chi connectivity index (χ2v) is 4.18. The molecular formula is C14H17NO6. The Bertz CT molecular complexity index is 495. The molecule has 0 aromatic heterocycles. The molecule has 0 spiro atoms. The first-order valence-corrected chi connectivity index (χ1v) is 6.05. The Labute approximate surface area is 122 Å². The van der Waals surface area contributed by atoms with Crippen LogP contribution in [-0.4, -0.2) is 45.2 Å². The summed E-state index contributed by atoms with van der Waals surface area (Å²) < 4.78 is 14.3. The van der Waals surface area contributed by atoms with Crippen molar-refractivity contribution in [3.8, 4) is 5.75 Å². The molecule has 0 aliphatic heterocycles. The number of amides is 1. The zero-order valence-corrected chi connectivity index (χ0v) is 12.0. The second-order valence-electron chi connectivity index (χ2n) is 4.18. The quantitative estimate of drug-likeness (QED) is 0.435. The number of benzene rings is 1. The van der Waals surface area contributed by atoms with Gasteiger partial charge in [-0.05, 0) is 17.7 Å².